The van der Waals surface area contributed by atoms with Crippen LogP contribution in [0.1, 0.15) is 37.4 Å². The molecule has 2 rings (SSSR count). The van der Waals surface area contributed by atoms with E-state index in [2.05, 4.69) is 41.3 Å². The molecule has 0 aromatic carbocycles. The number of hydrogen-bond acceptors (Lipinski definition) is 4. The van der Waals surface area contributed by atoms with Crippen LogP contribution in [0.2, 0.25) is 0 Å². The molecule has 2 heterocycles. The molecule has 0 saturated carbocycles. The Labute approximate surface area is 122 Å². The van der Waals surface area contributed by atoms with Crippen LogP contribution in [0.4, 0.5) is 0 Å². The number of rotatable bonds is 6. The maximum Gasteiger partial charge on any atom is 0.213 e. The summed E-state index contributed by atoms with van der Waals surface area (Å²) in [4.78, 5) is 6.88. The van der Waals surface area contributed by atoms with Crippen LogP contribution in [0, 0.1) is 6.92 Å². The Morgan fingerprint density at radius 2 is 2.25 bits per heavy atom. The van der Waals surface area contributed by atoms with Gasteiger partial charge in [0, 0.05) is 24.3 Å². The zero-order valence-electron chi connectivity index (χ0n) is 13.0. The lowest BCUT2D eigenvalue weighted by Crippen LogP contribution is -2.40. The van der Waals surface area contributed by atoms with E-state index in [9.17, 15) is 0 Å². The molecule has 4 nitrogen and oxygen atoms in total. The monoisotopic (exact) mass is 277 g/mol. The summed E-state index contributed by atoms with van der Waals surface area (Å²) in [5.74, 6) is 0.761. The molecule has 1 N–H and O–H groups in total. The van der Waals surface area contributed by atoms with Crippen molar-refractivity contribution in [2.24, 2.45) is 0 Å². The van der Waals surface area contributed by atoms with E-state index in [4.69, 9.17) is 4.74 Å². The first kappa shape index (κ1) is 15.3. The Morgan fingerprint density at radius 1 is 1.40 bits per heavy atom. The first-order valence-corrected chi connectivity index (χ1v) is 7.70. The molecular weight excluding hydrogens is 250 g/mol. The highest BCUT2D eigenvalue weighted by molar-refractivity contribution is 5.24. The van der Waals surface area contributed by atoms with Gasteiger partial charge in [0.1, 0.15) is 6.61 Å². The van der Waals surface area contributed by atoms with Gasteiger partial charge in [0.25, 0.3) is 0 Å². The number of aromatic nitrogens is 1. The van der Waals surface area contributed by atoms with Crippen molar-refractivity contribution in [1.29, 1.82) is 0 Å². The van der Waals surface area contributed by atoms with E-state index in [0.717, 1.165) is 31.3 Å². The summed E-state index contributed by atoms with van der Waals surface area (Å²) in [5, 5.41) is 3.34. The fraction of sp³-hybridized carbons (Fsp3) is 0.688. The van der Waals surface area contributed by atoms with E-state index >= 15 is 0 Å². The molecule has 20 heavy (non-hydrogen) atoms. The minimum atomic E-state index is 0.531. The van der Waals surface area contributed by atoms with Crippen LogP contribution >= 0.6 is 0 Å². The van der Waals surface area contributed by atoms with Crippen molar-refractivity contribution >= 4 is 0 Å². The van der Waals surface area contributed by atoms with Crippen LogP contribution in [0.15, 0.2) is 12.1 Å². The van der Waals surface area contributed by atoms with Gasteiger partial charge < -0.3 is 15.0 Å². The number of ether oxygens (including phenoxy) is 1. The SMILES string of the molecule is CCNCc1cc(C)nc(OCC2CCCCN2C)c1. The number of likely N-dealkylation sites (N-methyl/N-ethyl adjacent to an activating group) is 1. The summed E-state index contributed by atoms with van der Waals surface area (Å²) in [6, 6.07) is 4.70. The maximum absolute atomic E-state index is 5.94. The van der Waals surface area contributed by atoms with Gasteiger partial charge in [-0.3, -0.25) is 0 Å². The average Bonchev–Trinajstić information content (AvgIpc) is 2.44. The topological polar surface area (TPSA) is 37.4 Å². The Bertz CT molecular complexity index is 422. The molecule has 1 aromatic rings. The quantitative estimate of drug-likeness (QED) is 0.866. The standard InChI is InChI=1S/C16H27N3O/c1-4-17-11-14-9-13(2)18-16(10-14)20-12-15-7-5-6-8-19(15)3/h9-10,15,17H,4-8,11-12H2,1-3H3. The second kappa shape index (κ2) is 7.60. The van der Waals surface area contributed by atoms with Gasteiger partial charge in [0.2, 0.25) is 5.88 Å². The molecule has 0 spiro atoms. The fourth-order valence-corrected chi connectivity index (χ4v) is 2.69. The average molecular weight is 277 g/mol. The van der Waals surface area contributed by atoms with Crippen molar-refractivity contribution < 1.29 is 4.74 Å². The highest BCUT2D eigenvalue weighted by Crippen LogP contribution is 2.17. The fourth-order valence-electron chi connectivity index (χ4n) is 2.69. The van der Waals surface area contributed by atoms with Crippen molar-refractivity contribution in [3.8, 4) is 5.88 Å². The van der Waals surface area contributed by atoms with Crippen molar-refractivity contribution in [2.45, 2.75) is 45.7 Å². The summed E-state index contributed by atoms with van der Waals surface area (Å²) in [6.45, 7) is 7.91. The second-order valence-electron chi connectivity index (χ2n) is 5.68. The number of nitrogens with one attached hydrogen (secondary N) is 1. The van der Waals surface area contributed by atoms with Crippen LogP contribution in [0.5, 0.6) is 5.88 Å². The molecule has 0 radical (unpaired) electrons. The molecule has 0 amide bonds. The molecule has 1 fully saturated rings. The summed E-state index contributed by atoms with van der Waals surface area (Å²) in [6.07, 6.45) is 3.85. The number of nitrogens with zero attached hydrogens (tertiary/aromatic N) is 2. The first-order valence-electron chi connectivity index (χ1n) is 7.70. The normalized spacial score (nSPS) is 20.1. The molecule has 1 atom stereocenters. The summed E-state index contributed by atoms with van der Waals surface area (Å²) >= 11 is 0. The minimum absolute atomic E-state index is 0.531. The zero-order valence-corrected chi connectivity index (χ0v) is 13.0. The van der Waals surface area contributed by atoms with Gasteiger partial charge >= 0.3 is 0 Å². The molecule has 0 aliphatic carbocycles. The van der Waals surface area contributed by atoms with Crippen LogP contribution in [-0.4, -0.2) is 42.7 Å². The third-order valence-electron chi connectivity index (χ3n) is 3.91. The lowest BCUT2D eigenvalue weighted by Gasteiger charge is -2.32. The Balaban J connectivity index is 1.92. The van der Waals surface area contributed by atoms with Gasteiger partial charge in [-0.15, -0.1) is 0 Å². The third-order valence-corrected chi connectivity index (χ3v) is 3.91. The lowest BCUT2D eigenvalue weighted by atomic mass is 10.0. The maximum atomic E-state index is 5.94. The molecule has 0 bridgehead atoms. The molecule has 112 valence electrons. The van der Waals surface area contributed by atoms with Crippen molar-refractivity contribution in [2.75, 3.05) is 26.7 Å². The molecule has 1 aliphatic heterocycles. The molecule has 1 unspecified atom stereocenters. The smallest absolute Gasteiger partial charge is 0.213 e. The predicted molar refractivity (Wildman–Crippen MR) is 82.1 cm³/mol. The third kappa shape index (κ3) is 4.46. The summed E-state index contributed by atoms with van der Waals surface area (Å²) in [5.41, 5.74) is 2.26. The van der Waals surface area contributed by atoms with E-state index < -0.39 is 0 Å². The van der Waals surface area contributed by atoms with Gasteiger partial charge in [0.05, 0.1) is 0 Å². The Hall–Kier alpha value is -1.13. The molecular formula is C16H27N3O. The summed E-state index contributed by atoms with van der Waals surface area (Å²) in [7, 11) is 2.19. The number of pyridine rings is 1. The van der Waals surface area contributed by atoms with Crippen LogP contribution in [0.25, 0.3) is 0 Å². The van der Waals surface area contributed by atoms with E-state index in [1.54, 1.807) is 0 Å². The molecule has 1 saturated heterocycles. The van der Waals surface area contributed by atoms with Gasteiger partial charge in [-0.05, 0) is 51.5 Å². The predicted octanol–water partition coefficient (Wildman–Crippen LogP) is 2.36. The van der Waals surface area contributed by atoms with Crippen LogP contribution < -0.4 is 10.1 Å². The second-order valence-corrected chi connectivity index (χ2v) is 5.68. The minimum Gasteiger partial charge on any atom is -0.476 e. The van der Waals surface area contributed by atoms with Crippen molar-refractivity contribution in [3.05, 3.63) is 23.4 Å². The van der Waals surface area contributed by atoms with E-state index in [1.807, 2.05) is 6.92 Å². The number of piperidine rings is 1. The zero-order chi connectivity index (χ0) is 14.4. The molecule has 1 aromatic heterocycles. The summed E-state index contributed by atoms with van der Waals surface area (Å²) < 4.78 is 5.94. The number of likely N-dealkylation sites (tertiary alicyclic amines) is 1. The van der Waals surface area contributed by atoms with Crippen LogP contribution in [0.3, 0.4) is 0 Å². The van der Waals surface area contributed by atoms with Gasteiger partial charge in [0.15, 0.2) is 0 Å². The van der Waals surface area contributed by atoms with Gasteiger partial charge in [-0.25, -0.2) is 4.98 Å². The van der Waals surface area contributed by atoms with Gasteiger partial charge in [-0.1, -0.05) is 13.3 Å². The van der Waals surface area contributed by atoms with Crippen molar-refractivity contribution in [1.82, 2.24) is 15.2 Å². The molecule has 1 aliphatic rings. The van der Waals surface area contributed by atoms with Crippen LogP contribution in [-0.2, 0) is 6.54 Å². The Morgan fingerprint density at radius 3 is 3.00 bits per heavy atom. The molecule has 4 heteroatoms. The van der Waals surface area contributed by atoms with E-state index in [0.29, 0.717) is 6.04 Å². The van der Waals surface area contributed by atoms with Crippen molar-refractivity contribution in [3.63, 3.8) is 0 Å². The number of aryl methyl sites for hydroxylation is 1. The highest BCUT2D eigenvalue weighted by Gasteiger charge is 2.19. The first-order chi connectivity index (χ1) is 9.69. The number of hydrogen-bond donors (Lipinski definition) is 1. The Kier molecular flexibility index (Phi) is 5.80. The highest BCUT2D eigenvalue weighted by atomic mass is 16.5. The lowest BCUT2D eigenvalue weighted by molar-refractivity contribution is 0.122. The largest absolute Gasteiger partial charge is 0.476 e. The van der Waals surface area contributed by atoms with E-state index in [-0.39, 0.29) is 0 Å². The van der Waals surface area contributed by atoms with E-state index in [1.165, 1.54) is 31.4 Å². The van der Waals surface area contributed by atoms with Gasteiger partial charge in [-0.2, -0.15) is 0 Å².